The first-order chi connectivity index (χ1) is 8.17. The van der Waals surface area contributed by atoms with Gasteiger partial charge in [0.15, 0.2) is 0 Å². The van der Waals surface area contributed by atoms with E-state index in [9.17, 15) is 0 Å². The lowest BCUT2D eigenvalue weighted by molar-refractivity contribution is 0.0870. The molecule has 0 aromatic heterocycles. The first kappa shape index (κ1) is 13.3. The van der Waals surface area contributed by atoms with Gasteiger partial charge in [-0.2, -0.15) is 5.26 Å². The summed E-state index contributed by atoms with van der Waals surface area (Å²) in [7, 11) is 1.56. The molecule has 1 aromatic rings. The van der Waals surface area contributed by atoms with Gasteiger partial charge in [0.25, 0.3) is 0 Å². The van der Waals surface area contributed by atoms with Gasteiger partial charge in [-0.05, 0) is 32.0 Å². The van der Waals surface area contributed by atoms with E-state index in [1.807, 2.05) is 19.9 Å². The predicted octanol–water partition coefficient (Wildman–Crippen LogP) is 2.40. The maximum absolute atomic E-state index is 8.94. The fourth-order valence-electron chi connectivity index (χ4n) is 1.40. The number of nitrogens with zero attached hydrogens (tertiary/aromatic N) is 1. The maximum atomic E-state index is 8.94. The van der Waals surface area contributed by atoms with Crippen LogP contribution in [0.25, 0.3) is 0 Å². The molecule has 0 amide bonds. The molecule has 0 atom stereocenters. The number of ether oxygens (including phenoxy) is 2. The first-order valence-corrected chi connectivity index (χ1v) is 5.61. The van der Waals surface area contributed by atoms with Crippen LogP contribution >= 0.6 is 0 Å². The summed E-state index contributed by atoms with van der Waals surface area (Å²) < 4.78 is 10.5. The van der Waals surface area contributed by atoms with E-state index in [1.165, 1.54) is 0 Å². The summed E-state index contributed by atoms with van der Waals surface area (Å²) in [4.78, 5) is 0. The molecular weight excluding hydrogens is 216 g/mol. The second-order valence-corrected chi connectivity index (χ2v) is 3.87. The van der Waals surface area contributed by atoms with Crippen molar-refractivity contribution in [3.63, 3.8) is 0 Å². The summed E-state index contributed by atoms with van der Waals surface area (Å²) in [5.41, 5.74) is 1.43. The minimum Gasteiger partial charge on any atom is -0.495 e. The van der Waals surface area contributed by atoms with Crippen molar-refractivity contribution in [2.75, 3.05) is 25.6 Å². The fourth-order valence-corrected chi connectivity index (χ4v) is 1.40. The Bertz CT molecular complexity index is 397. The van der Waals surface area contributed by atoms with Crippen molar-refractivity contribution in [1.82, 2.24) is 0 Å². The molecule has 4 nitrogen and oxygen atoms in total. The van der Waals surface area contributed by atoms with Crippen molar-refractivity contribution < 1.29 is 9.47 Å². The Morgan fingerprint density at radius 3 is 2.76 bits per heavy atom. The van der Waals surface area contributed by atoms with Crippen LogP contribution in [0.1, 0.15) is 19.4 Å². The van der Waals surface area contributed by atoms with Gasteiger partial charge in [0, 0.05) is 12.2 Å². The second-order valence-electron chi connectivity index (χ2n) is 3.87. The van der Waals surface area contributed by atoms with Crippen molar-refractivity contribution in [3.05, 3.63) is 23.8 Å². The van der Waals surface area contributed by atoms with Crippen molar-refractivity contribution in [1.29, 1.82) is 5.26 Å². The molecule has 0 unspecified atom stereocenters. The molecule has 1 N–H and O–H groups in total. The molecule has 0 fully saturated rings. The number of hydrogen-bond donors (Lipinski definition) is 1. The van der Waals surface area contributed by atoms with Gasteiger partial charge in [-0.3, -0.25) is 0 Å². The van der Waals surface area contributed by atoms with Crippen LogP contribution in [0.4, 0.5) is 5.69 Å². The molecule has 0 spiro atoms. The van der Waals surface area contributed by atoms with Crippen LogP contribution in [-0.2, 0) is 4.74 Å². The van der Waals surface area contributed by atoms with Crippen molar-refractivity contribution in [2.45, 2.75) is 20.0 Å². The SMILES string of the molecule is COc1ccc(NCCOC(C)C)cc1C#N. The molecule has 1 rings (SSSR count). The van der Waals surface area contributed by atoms with E-state index >= 15 is 0 Å². The van der Waals surface area contributed by atoms with Gasteiger partial charge < -0.3 is 14.8 Å². The van der Waals surface area contributed by atoms with Crippen molar-refractivity contribution in [3.8, 4) is 11.8 Å². The first-order valence-electron chi connectivity index (χ1n) is 5.61. The molecule has 0 bridgehead atoms. The van der Waals surface area contributed by atoms with E-state index in [2.05, 4.69) is 11.4 Å². The highest BCUT2D eigenvalue weighted by Gasteiger charge is 2.03. The largest absolute Gasteiger partial charge is 0.495 e. The Hall–Kier alpha value is -1.73. The number of nitriles is 1. The minimum absolute atomic E-state index is 0.238. The molecule has 0 radical (unpaired) electrons. The molecule has 0 aliphatic carbocycles. The number of hydrogen-bond acceptors (Lipinski definition) is 4. The van der Waals surface area contributed by atoms with E-state index in [4.69, 9.17) is 14.7 Å². The molecule has 0 aliphatic heterocycles. The number of benzene rings is 1. The maximum Gasteiger partial charge on any atom is 0.136 e. The van der Waals surface area contributed by atoms with Crippen LogP contribution in [0, 0.1) is 11.3 Å². The van der Waals surface area contributed by atoms with Gasteiger partial charge in [0.05, 0.1) is 25.4 Å². The van der Waals surface area contributed by atoms with Crippen LogP contribution in [0.3, 0.4) is 0 Å². The third-order valence-electron chi connectivity index (χ3n) is 2.20. The predicted molar refractivity (Wildman–Crippen MR) is 67.3 cm³/mol. The molecule has 0 saturated heterocycles. The molecule has 17 heavy (non-hydrogen) atoms. The van der Waals surface area contributed by atoms with Crippen LogP contribution < -0.4 is 10.1 Å². The van der Waals surface area contributed by atoms with Crippen LogP contribution in [0.2, 0.25) is 0 Å². The lowest BCUT2D eigenvalue weighted by Crippen LogP contribution is -2.13. The van der Waals surface area contributed by atoms with Gasteiger partial charge in [0.2, 0.25) is 0 Å². The zero-order chi connectivity index (χ0) is 12.7. The van der Waals surface area contributed by atoms with Gasteiger partial charge in [-0.1, -0.05) is 0 Å². The number of methoxy groups -OCH3 is 1. The zero-order valence-corrected chi connectivity index (χ0v) is 10.5. The van der Waals surface area contributed by atoms with E-state index in [1.54, 1.807) is 19.2 Å². The Morgan fingerprint density at radius 1 is 1.41 bits per heavy atom. The normalized spacial score (nSPS) is 10.1. The Morgan fingerprint density at radius 2 is 2.18 bits per heavy atom. The minimum atomic E-state index is 0.238. The van der Waals surface area contributed by atoms with E-state index in [0.717, 1.165) is 12.2 Å². The summed E-state index contributed by atoms with van der Waals surface area (Å²) in [6, 6.07) is 7.54. The topological polar surface area (TPSA) is 54.3 Å². The third kappa shape index (κ3) is 4.33. The van der Waals surface area contributed by atoms with Gasteiger partial charge >= 0.3 is 0 Å². The molecule has 1 aromatic carbocycles. The van der Waals surface area contributed by atoms with Crippen LogP contribution in [0.15, 0.2) is 18.2 Å². The van der Waals surface area contributed by atoms with E-state index in [0.29, 0.717) is 17.9 Å². The lowest BCUT2D eigenvalue weighted by Gasteiger charge is -2.10. The monoisotopic (exact) mass is 234 g/mol. The quantitative estimate of drug-likeness (QED) is 0.768. The fraction of sp³-hybridized carbons (Fsp3) is 0.462. The van der Waals surface area contributed by atoms with Gasteiger partial charge in [-0.15, -0.1) is 0 Å². The molecule has 0 aliphatic rings. The smallest absolute Gasteiger partial charge is 0.136 e. The standard InChI is InChI=1S/C13H18N2O2/c1-10(2)17-7-6-15-12-4-5-13(16-3)11(8-12)9-14/h4-5,8,10,15H,6-7H2,1-3H3. The summed E-state index contributed by atoms with van der Waals surface area (Å²) in [5.74, 6) is 0.594. The highest BCUT2D eigenvalue weighted by Crippen LogP contribution is 2.21. The van der Waals surface area contributed by atoms with Gasteiger partial charge in [0.1, 0.15) is 11.8 Å². The van der Waals surface area contributed by atoms with Crippen LogP contribution in [-0.4, -0.2) is 26.4 Å². The van der Waals surface area contributed by atoms with E-state index < -0.39 is 0 Å². The lowest BCUT2D eigenvalue weighted by atomic mass is 10.2. The third-order valence-corrected chi connectivity index (χ3v) is 2.20. The highest BCUT2D eigenvalue weighted by molar-refractivity contribution is 5.55. The van der Waals surface area contributed by atoms with Crippen LogP contribution in [0.5, 0.6) is 5.75 Å². The molecule has 92 valence electrons. The average Bonchev–Trinajstić information content (AvgIpc) is 2.34. The molecule has 0 saturated carbocycles. The number of nitrogens with one attached hydrogen (secondary N) is 1. The van der Waals surface area contributed by atoms with Gasteiger partial charge in [-0.25, -0.2) is 0 Å². The summed E-state index contributed by atoms with van der Waals surface area (Å²) in [5, 5.41) is 12.1. The average molecular weight is 234 g/mol. The van der Waals surface area contributed by atoms with E-state index in [-0.39, 0.29) is 6.10 Å². The molecular formula is C13H18N2O2. The van der Waals surface area contributed by atoms with Crippen molar-refractivity contribution in [2.24, 2.45) is 0 Å². The molecule has 0 heterocycles. The Balaban J connectivity index is 2.52. The second kappa shape index (κ2) is 6.77. The number of anilines is 1. The summed E-state index contributed by atoms with van der Waals surface area (Å²) in [6.45, 7) is 5.36. The Kier molecular flexibility index (Phi) is 5.31. The highest BCUT2D eigenvalue weighted by atomic mass is 16.5. The number of rotatable bonds is 6. The van der Waals surface area contributed by atoms with Crippen molar-refractivity contribution >= 4 is 5.69 Å². The molecule has 4 heteroatoms. The summed E-state index contributed by atoms with van der Waals surface area (Å²) in [6.07, 6.45) is 0.238. The Labute approximate surface area is 102 Å². The zero-order valence-electron chi connectivity index (χ0n) is 10.5. The summed E-state index contributed by atoms with van der Waals surface area (Å²) >= 11 is 0.